The summed E-state index contributed by atoms with van der Waals surface area (Å²) in [5.41, 5.74) is 0. The van der Waals surface area contributed by atoms with Crippen molar-refractivity contribution in [2.75, 3.05) is 66.1 Å². The van der Waals surface area contributed by atoms with E-state index in [-0.39, 0.29) is 44.6 Å². The molecule has 0 bridgehead atoms. The zero-order valence-corrected chi connectivity index (χ0v) is 20.8. The van der Waals surface area contributed by atoms with E-state index >= 15 is 0 Å². The highest BCUT2D eigenvalue weighted by Crippen LogP contribution is 2.05. The van der Waals surface area contributed by atoms with Crippen LogP contribution in [0.5, 0.6) is 0 Å². The number of carbonyl (C=O) groups is 3. The minimum atomic E-state index is -0.862. The third-order valence-electron chi connectivity index (χ3n) is 4.60. The molecule has 10 heteroatoms. The lowest BCUT2D eigenvalue weighted by Gasteiger charge is -2.08. The number of carbonyl (C=O) groups excluding carboxylic acids is 2. The van der Waals surface area contributed by atoms with Gasteiger partial charge in [-0.15, -0.1) is 0 Å². The fraction of sp³-hybridized carbons (Fsp3) is 0.875. The Balaban J connectivity index is 3.19. The van der Waals surface area contributed by atoms with Crippen LogP contribution in [0.15, 0.2) is 0 Å². The molecule has 0 aromatic rings. The van der Waals surface area contributed by atoms with Crippen LogP contribution in [0.1, 0.15) is 71.1 Å². The first kappa shape index (κ1) is 32.2. The van der Waals surface area contributed by atoms with Crippen LogP contribution in [-0.4, -0.2) is 89.1 Å². The maximum Gasteiger partial charge on any atom is 0.305 e. The number of unbranched alkanes of at least 4 members (excludes halogenated alkanes) is 5. The summed E-state index contributed by atoms with van der Waals surface area (Å²) in [6.45, 7) is 5.77. The maximum absolute atomic E-state index is 11.5. The molecule has 1 N–H and O–H groups in total. The van der Waals surface area contributed by atoms with E-state index in [1.165, 1.54) is 19.3 Å². The van der Waals surface area contributed by atoms with Gasteiger partial charge in [0.2, 0.25) is 0 Å². The number of aliphatic carboxylic acids is 1. The van der Waals surface area contributed by atoms with Crippen molar-refractivity contribution in [3.63, 3.8) is 0 Å². The van der Waals surface area contributed by atoms with Crippen molar-refractivity contribution in [3.05, 3.63) is 0 Å². The number of esters is 2. The van der Waals surface area contributed by atoms with Gasteiger partial charge in [-0.2, -0.15) is 0 Å². The molecular weight excluding hydrogens is 448 g/mol. The van der Waals surface area contributed by atoms with Crippen LogP contribution in [0.4, 0.5) is 0 Å². The molecule has 0 saturated heterocycles. The quantitative estimate of drug-likeness (QED) is 0.142. The van der Waals surface area contributed by atoms with Crippen molar-refractivity contribution in [1.29, 1.82) is 0 Å². The Morgan fingerprint density at radius 2 is 0.853 bits per heavy atom. The fourth-order valence-corrected chi connectivity index (χ4v) is 2.75. The summed E-state index contributed by atoms with van der Waals surface area (Å²) in [5, 5.41) is 8.51. The molecule has 34 heavy (non-hydrogen) atoms. The second-order valence-corrected chi connectivity index (χ2v) is 7.66. The number of hydrogen-bond acceptors (Lipinski definition) is 9. The van der Waals surface area contributed by atoms with Gasteiger partial charge >= 0.3 is 17.9 Å². The van der Waals surface area contributed by atoms with E-state index in [0.717, 1.165) is 12.8 Å². The van der Waals surface area contributed by atoms with Crippen molar-refractivity contribution >= 4 is 17.9 Å². The van der Waals surface area contributed by atoms with Crippen LogP contribution in [0.25, 0.3) is 0 Å². The van der Waals surface area contributed by atoms with Crippen LogP contribution in [0.3, 0.4) is 0 Å². The monoisotopic (exact) mass is 492 g/mol. The molecule has 0 amide bonds. The Morgan fingerprint density at radius 3 is 1.26 bits per heavy atom. The van der Waals surface area contributed by atoms with Gasteiger partial charge in [-0.3, -0.25) is 14.4 Å². The van der Waals surface area contributed by atoms with Gasteiger partial charge in [0.15, 0.2) is 0 Å². The number of hydrogen-bond donors (Lipinski definition) is 1. The van der Waals surface area contributed by atoms with Gasteiger partial charge in [0.1, 0.15) is 13.2 Å². The van der Waals surface area contributed by atoms with Crippen LogP contribution < -0.4 is 0 Å². The predicted molar refractivity (Wildman–Crippen MR) is 125 cm³/mol. The smallest absolute Gasteiger partial charge is 0.305 e. The molecule has 0 aliphatic carbocycles. The highest BCUT2D eigenvalue weighted by Gasteiger charge is 2.04. The molecule has 0 spiro atoms. The first-order chi connectivity index (χ1) is 16.6. The average Bonchev–Trinajstić information content (AvgIpc) is 2.81. The predicted octanol–water partition coefficient (Wildman–Crippen LogP) is 3.14. The Labute approximate surface area is 203 Å². The highest BCUT2D eigenvalue weighted by atomic mass is 16.6. The molecule has 0 aliphatic heterocycles. The average molecular weight is 493 g/mol. The van der Waals surface area contributed by atoms with Crippen molar-refractivity contribution < 1.29 is 47.9 Å². The second-order valence-electron chi connectivity index (χ2n) is 7.66. The van der Waals surface area contributed by atoms with E-state index < -0.39 is 5.97 Å². The van der Waals surface area contributed by atoms with Crippen molar-refractivity contribution in [2.24, 2.45) is 0 Å². The summed E-state index contributed by atoms with van der Waals surface area (Å²) in [6.07, 6.45) is 7.26. The van der Waals surface area contributed by atoms with E-state index in [2.05, 4.69) is 6.92 Å². The molecule has 0 rings (SSSR count). The standard InChI is InChI=1S/C24H44O10/c1-2-3-4-5-6-10-23(27)33-20-18-31-16-14-29-12-13-30-15-17-32-19-21-34-24(28)11-8-7-9-22(25)26/h2-21H2,1H3,(H,25,26). The van der Waals surface area contributed by atoms with Crippen molar-refractivity contribution in [3.8, 4) is 0 Å². The van der Waals surface area contributed by atoms with Crippen LogP contribution in [-0.2, 0) is 42.8 Å². The summed E-state index contributed by atoms with van der Waals surface area (Å²) in [6, 6.07) is 0. The van der Waals surface area contributed by atoms with Gasteiger partial charge in [0.05, 0.1) is 52.9 Å². The molecular formula is C24H44O10. The Kier molecular flexibility index (Phi) is 24.5. The van der Waals surface area contributed by atoms with Gasteiger partial charge in [0, 0.05) is 19.3 Å². The summed E-state index contributed by atoms with van der Waals surface area (Å²) >= 11 is 0. The molecule has 0 atom stereocenters. The fourth-order valence-electron chi connectivity index (χ4n) is 2.75. The first-order valence-electron chi connectivity index (χ1n) is 12.4. The van der Waals surface area contributed by atoms with Gasteiger partial charge in [-0.1, -0.05) is 32.6 Å². The highest BCUT2D eigenvalue weighted by molar-refractivity contribution is 5.70. The van der Waals surface area contributed by atoms with Gasteiger partial charge in [-0.05, 0) is 19.3 Å². The van der Waals surface area contributed by atoms with Crippen LogP contribution >= 0.6 is 0 Å². The Morgan fingerprint density at radius 1 is 0.500 bits per heavy atom. The maximum atomic E-state index is 11.5. The van der Waals surface area contributed by atoms with Gasteiger partial charge in [-0.25, -0.2) is 0 Å². The molecule has 10 nitrogen and oxygen atoms in total. The summed E-state index contributed by atoms with van der Waals surface area (Å²) in [4.78, 5) is 33.3. The largest absolute Gasteiger partial charge is 0.481 e. The zero-order valence-electron chi connectivity index (χ0n) is 20.8. The van der Waals surface area contributed by atoms with E-state index in [9.17, 15) is 14.4 Å². The first-order valence-corrected chi connectivity index (χ1v) is 12.4. The van der Waals surface area contributed by atoms with Gasteiger partial charge in [0.25, 0.3) is 0 Å². The number of rotatable bonds is 26. The Hall–Kier alpha value is -1.75. The number of carboxylic acid groups (broad SMARTS) is 1. The summed E-state index contributed by atoms with van der Waals surface area (Å²) in [5.74, 6) is -1.37. The molecule has 0 aromatic carbocycles. The molecule has 0 heterocycles. The molecule has 200 valence electrons. The Bertz CT molecular complexity index is 498. The van der Waals surface area contributed by atoms with E-state index in [4.69, 9.17) is 33.5 Å². The zero-order chi connectivity index (χ0) is 25.1. The van der Waals surface area contributed by atoms with Crippen LogP contribution in [0, 0.1) is 0 Å². The topological polar surface area (TPSA) is 127 Å². The lowest BCUT2D eigenvalue weighted by atomic mass is 10.1. The molecule has 0 saturated carbocycles. The summed E-state index contributed by atoms with van der Waals surface area (Å²) < 4.78 is 31.5. The number of carboxylic acids is 1. The molecule has 0 aromatic heterocycles. The normalized spacial score (nSPS) is 10.9. The molecule has 0 radical (unpaired) electrons. The van der Waals surface area contributed by atoms with E-state index in [1.807, 2.05) is 0 Å². The minimum Gasteiger partial charge on any atom is -0.481 e. The lowest BCUT2D eigenvalue weighted by Crippen LogP contribution is -2.15. The molecule has 0 unspecified atom stereocenters. The number of ether oxygens (including phenoxy) is 6. The third kappa shape index (κ3) is 26.5. The van der Waals surface area contributed by atoms with Gasteiger partial charge < -0.3 is 33.5 Å². The third-order valence-corrected chi connectivity index (χ3v) is 4.60. The minimum absolute atomic E-state index is 0.0627. The van der Waals surface area contributed by atoms with Crippen LogP contribution in [0.2, 0.25) is 0 Å². The van der Waals surface area contributed by atoms with E-state index in [1.54, 1.807) is 0 Å². The second kappa shape index (κ2) is 25.9. The van der Waals surface area contributed by atoms with Crippen molar-refractivity contribution in [1.82, 2.24) is 0 Å². The van der Waals surface area contributed by atoms with E-state index in [0.29, 0.717) is 65.5 Å². The van der Waals surface area contributed by atoms with Crippen molar-refractivity contribution in [2.45, 2.75) is 71.1 Å². The SMILES string of the molecule is CCCCCCCC(=O)OCCOCCOCCOCCOCCOC(=O)CCCCC(=O)O. The lowest BCUT2D eigenvalue weighted by molar-refractivity contribution is -0.146. The molecule has 0 fully saturated rings. The summed E-state index contributed by atoms with van der Waals surface area (Å²) in [7, 11) is 0. The molecule has 0 aliphatic rings.